The molecule has 0 bridgehead atoms. The molecule has 1 saturated heterocycles. The summed E-state index contributed by atoms with van der Waals surface area (Å²) in [6.07, 6.45) is 9.53. The molecule has 0 amide bonds. The van der Waals surface area contributed by atoms with Gasteiger partial charge in [-0.25, -0.2) is 14.4 Å². The number of carbonyl (C=O) groups is 3. The van der Waals surface area contributed by atoms with Gasteiger partial charge in [-0.2, -0.15) is 0 Å². The van der Waals surface area contributed by atoms with Crippen molar-refractivity contribution in [3.8, 4) is 45.3 Å². The maximum absolute atomic E-state index is 15.0. The quantitative estimate of drug-likeness (QED) is 0.0225. The number of aryl methyl sites for hydroxylation is 2. The molecule has 1 fully saturated rings. The predicted molar refractivity (Wildman–Crippen MR) is 292 cm³/mol. The molecule has 390 valence electrons. The SMILES string of the molecule is C=CC(=O)OCCCCC1(C)OC(C(=O)Oc2cc(-c3ccc(CCCCC)cc3)ccc2OCc2ccccc2)C(C)(C(=O)Oc2cc(-c3ccc(CCCCC)cc3)ccc2OCc2ccccc2)O1.CC. The van der Waals surface area contributed by atoms with Gasteiger partial charge < -0.3 is 33.2 Å². The molecule has 0 N–H and O–H groups in total. The van der Waals surface area contributed by atoms with Gasteiger partial charge in [-0.3, -0.25) is 0 Å². The van der Waals surface area contributed by atoms with E-state index in [-0.39, 0.29) is 37.7 Å². The van der Waals surface area contributed by atoms with Crippen LogP contribution in [0.3, 0.4) is 0 Å². The number of carbonyl (C=O) groups excluding carboxylic acids is 3. The Morgan fingerprint density at radius 1 is 0.554 bits per heavy atom. The van der Waals surface area contributed by atoms with Gasteiger partial charge in [0, 0.05) is 12.5 Å². The third kappa shape index (κ3) is 16.0. The van der Waals surface area contributed by atoms with Crippen LogP contribution in [0.1, 0.15) is 122 Å². The van der Waals surface area contributed by atoms with Gasteiger partial charge in [-0.1, -0.05) is 181 Å². The second-order valence-electron chi connectivity index (χ2n) is 18.7. The first kappa shape index (κ1) is 56.3. The number of rotatable bonds is 26. The van der Waals surface area contributed by atoms with Crippen LogP contribution in [0.2, 0.25) is 0 Å². The molecule has 7 rings (SSSR count). The third-order valence-electron chi connectivity index (χ3n) is 12.8. The second kappa shape index (κ2) is 28.4. The van der Waals surface area contributed by atoms with Crippen LogP contribution in [0.15, 0.2) is 158 Å². The van der Waals surface area contributed by atoms with E-state index < -0.39 is 35.4 Å². The minimum Gasteiger partial charge on any atom is -0.485 e. The van der Waals surface area contributed by atoms with E-state index in [4.69, 9.17) is 33.2 Å². The van der Waals surface area contributed by atoms with Crippen LogP contribution >= 0.6 is 0 Å². The minimum absolute atomic E-state index is 0.135. The van der Waals surface area contributed by atoms with E-state index >= 15 is 4.79 Å². The van der Waals surface area contributed by atoms with Crippen molar-refractivity contribution in [3.05, 3.63) is 181 Å². The highest BCUT2D eigenvalue weighted by Gasteiger charge is 2.61. The third-order valence-corrected chi connectivity index (χ3v) is 12.8. The molecule has 74 heavy (non-hydrogen) atoms. The largest absolute Gasteiger partial charge is 0.485 e. The fourth-order valence-corrected chi connectivity index (χ4v) is 8.69. The molecular weight excluding hydrogens is 929 g/mol. The van der Waals surface area contributed by atoms with Crippen LogP contribution < -0.4 is 18.9 Å². The van der Waals surface area contributed by atoms with Gasteiger partial charge in [0.25, 0.3) is 0 Å². The summed E-state index contributed by atoms with van der Waals surface area (Å²) in [6, 6.07) is 47.1. The zero-order valence-electron chi connectivity index (χ0n) is 44.2. The fraction of sp³-hybridized carbons (Fsp3) is 0.359. The van der Waals surface area contributed by atoms with Gasteiger partial charge >= 0.3 is 17.9 Å². The first-order valence-electron chi connectivity index (χ1n) is 26.4. The number of esters is 3. The lowest BCUT2D eigenvalue weighted by Gasteiger charge is -2.27. The Labute approximate surface area is 439 Å². The molecule has 3 unspecified atom stereocenters. The summed E-state index contributed by atoms with van der Waals surface area (Å²) >= 11 is 0. The number of hydrogen-bond donors (Lipinski definition) is 0. The van der Waals surface area contributed by atoms with Crippen molar-refractivity contribution >= 4 is 17.9 Å². The lowest BCUT2D eigenvalue weighted by atomic mass is 9.99. The molecule has 1 heterocycles. The number of ether oxygens (including phenoxy) is 7. The molecular formula is C64H74O10. The summed E-state index contributed by atoms with van der Waals surface area (Å²) in [5, 5.41) is 0. The summed E-state index contributed by atoms with van der Waals surface area (Å²) in [5.74, 6) is -2.88. The number of benzene rings is 6. The van der Waals surface area contributed by atoms with Crippen LogP contribution in [0.25, 0.3) is 22.3 Å². The minimum atomic E-state index is -2.04. The number of unbranched alkanes of at least 4 members (excludes halogenated alkanes) is 5. The van der Waals surface area contributed by atoms with Gasteiger partial charge in [-0.05, 0) is 121 Å². The Balaban J connectivity index is 0.00000440. The zero-order valence-corrected chi connectivity index (χ0v) is 44.2. The first-order chi connectivity index (χ1) is 36.0. The summed E-state index contributed by atoms with van der Waals surface area (Å²) in [4.78, 5) is 41.7. The van der Waals surface area contributed by atoms with Gasteiger partial charge in [-0.15, -0.1) is 0 Å². The van der Waals surface area contributed by atoms with Crippen molar-refractivity contribution in [2.75, 3.05) is 6.61 Å². The topological polar surface area (TPSA) is 116 Å². The molecule has 6 aromatic carbocycles. The average molecular weight is 1000 g/mol. The monoisotopic (exact) mass is 1000 g/mol. The van der Waals surface area contributed by atoms with Crippen molar-refractivity contribution in [3.63, 3.8) is 0 Å². The summed E-state index contributed by atoms with van der Waals surface area (Å²) in [7, 11) is 0. The van der Waals surface area contributed by atoms with Crippen molar-refractivity contribution in [2.45, 2.75) is 143 Å². The van der Waals surface area contributed by atoms with Crippen molar-refractivity contribution in [1.82, 2.24) is 0 Å². The maximum Gasteiger partial charge on any atom is 0.347 e. The van der Waals surface area contributed by atoms with Crippen LogP contribution in [0.4, 0.5) is 0 Å². The average Bonchev–Trinajstić information content (AvgIpc) is 3.72. The summed E-state index contributed by atoms with van der Waals surface area (Å²) in [6.45, 7) is 15.6. The Morgan fingerprint density at radius 2 is 1.03 bits per heavy atom. The van der Waals surface area contributed by atoms with Crippen LogP contribution in [-0.2, 0) is 54.6 Å². The van der Waals surface area contributed by atoms with E-state index in [1.54, 1.807) is 31.2 Å². The highest BCUT2D eigenvalue weighted by molar-refractivity contribution is 5.92. The molecule has 0 aliphatic carbocycles. The molecule has 0 saturated carbocycles. The standard InChI is InChI=1S/C62H68O10.C2H6/c1-6-9-13-21-45-27-31-49(32-28-45)51-35-37-53(67-43-47-23-15-11-16-24-47)55(41-51)69-59(64)58-62(5,72-61(4,71-58)39-19-20-40-66-57(63)8-3)60(65)70-56-42-52(50-33-29-46(30-34-50)22-14-10-7-2)36-38-54(56)68-44-48-25-17-12-18-26-48;1-2/h8,11-12,15-18,23-38,41-42,58H,3,6-7,9-10,13-14,19-22,39-40,43-44H2,1-2,4-5H3;1-2H3. The van der Waals surface area contributed by atoms with E-state index in [9.17, 15) is 9.59 Å². The number of hydrogen-bond acceptors (Lipinski definition) is 10. The van der Waals surface area contributed by atoms with Gasteiger partial charge in [0.05, 0.1) is 6.61 Å². The first-order valence-corrected chi connectivity index (χ1v) is 26.4. The maximum atomic E-state index is 15.0. The van der Waals surface area contributed by atoms with Gasteiger partial charge in [0.15, 0.2) is 34.9 Å². The van der Waals surface area contributed by atoms with Crippen LogP contribution in [0.5, 0.6) is 23.0 Å². The van der Waals surface area contributed by atoms with E-state index in [1.165, 1.54) is 30.9 Å². The molecule has 6 aromatic rings. The molecule has 0 radical (unpaired) electrons. The fourth-order valence-electron chi connectivity index (χ4n) is 8.69. The highest BCUT2D eigenvalue weighted by atomic mass is 16.8. The molecule has 3 atom stereocenters. The summed E-state index contributed by atoms with van der Waals surface area (Å²) in [5.41, 5.74) is 5.76. The molecule has 0 spiro atoms. The lowest BCUT2D eigenvalue weighted by molar-refractivity contribution is -0.192. The van der Waals surface area contributed by atoms with Crippen molar-refractivity contribution in [1.29, 1.82) is 0 Å². The molecule has 10 heteroatoms. The van der Waals surface area contributed by atoms with Crippen molar-refractivity contribution in [2.24, 2.45) is 0 Å². The van der Waals surface area contributed by atoms with E-state index in [2.05, 4.69) is 69.0 Å². The Kier molecular flexibility index (Phi) is 21.6. The van der Waals surface area contributed by atoms with Crippen LogP contribution in [0, 0.1) is 0 Å². The highest BCUT2D eigenvalue weighted by Crippen LogP contribution is 2.44. The van der Waals surface area contributed by atoms with Crippen molar-refractivity contribution < 1.29 is 47.5 Å². The Morgan fingerprint density at radius 3 is 1.50 bits per heavy atom. The van der Waals surface area contributed by atoms with Crippen LogP contribution in [-0.4, -0.2) is 42.0 Å². The Hall–Kier alpha value is -7.01. The molecule has 1 aliphatic heterocycles. The molecule has 1 aliphatic rings. The van der Waals surface area contributed by atoms with E-state index in [1.807, 2.05) is 86.6 Å². The normalized spacial score (nSPS) is 16.8. The molecule has 10 nitrogen and oxygen atoms in total. The molecule has 0 aromatic heterocycles. The van der Waals surface area contributed by atoms with E-state index in [0.29, 0.717) is 24.3 Å². The lowest BCUT2D eigenvalue weighted by Crippen LogP contribution is -2.52. The smallest absolute Gasteiger partial charge is 0.347 e. The summed E-state index contributed by atoms with van der Waals surface area (Å²) < 4.78 is 43.6. The van der Waals surface area contributed by atoms with E-state index in [0.717, 1.165) is 78.0 Å². The Bertz CT molecular complexity index is 2700. The van der Waals surface area contributed by atoms with Gasteiger partial charge in [0.1, 0.15) is 13.2 Å². The van der Waals surface area contributed by atoms with Gasteiger partial charge in [0.2, 0.25) is 5.60 Å². The zero-order chi connectivity index (χ0) is 52.8. The second-order valence-corrected chi connectivity index (χ2v) is 18.7. The predicted octanol–water partition coefficient (Wildman–Crippen LogP) is 15.0.